The van der Waals surface area contributed by atoms with Crippen LogP contribution < -0.4 is 0 Å². The average molecular weight is 153 g/mol. The van der Waals surface area contributed by atoms with Gasteiger partial charge in [0.05, 0.1) is 0 Å². The highest BCUT2D eigenvalue weighted by atomic mass is 16.3. The van der Waals surface area contributed by atoms with Crippen LogP contribution in [0.1, 0.15) is 6.92 Å². The first-order valence-electron chi connectivity index (χ1n) is 3.42. The topological polar surface area (TPSA) is 40.5 Å². The number of Topliss-reactive ketones (excluding diaryl/α,β-unsaturated/α-hetero) is 1. The fourth-order valence-corrected chi connectivity index (χ4v) is 0.959. The molecular weight excluding hydrogens is 142 g/mol. The van der Waals surface area contributed by atoms with Gasteiger partial charge in [0.2, 0.25) is 0 Å². The van der Waals surface area contributed by atoms with Gasteiger partial charge in [-0.2, -0.15) is 0 Å². The number of aliphatic hydroxyl groups excluding tert-OH is 1. The van der Waals surface area contributed by atoms with Crippen LogP contribution in [0.4, 0.5) is 0 Å². The second-order valence-corrected chi connectivity index (χ2v) is 2.59. The molecule has 1 atom stereocenters. The molecule has 0 aromatic carbocycles. The van der Waals surface area contributed by atoms with Crippen LogP contribution in [-0.2, 0) is 4.79 Å². The van der Waals surface area contributed by atoms with E-state index >= 15 is 0 Å². The van der Waals surface area contributed by atoms with Crippen molar-refractivity contribution < 1.29 is 9.90 Å². The van der Waals surface area contributed by atoms with Crippen molar-refractivity contribution in [1.82, 2.24) is 4.90 Å². The van der Waals surface area contributed by atoms with Gasteiger partial charge in [0.1, 0.15) is 6.10 Å². The average Bonchev–Trinajstić information content (AvgIpc) is 1.94. The number of nitrogens with zero attached hydrogens (tertiary/aromatic N) is 1. The minimum Gasteiger partial charge on any atom is -0.384 e. The molecule has 0 radical (unpaired) electrons. The molecule has 3 nitrogen and oxygen atoms in total. The Hall–Kier alpha value is -1.09. The molecule has 0 saturated heterocycles. The maximum atomic E-state index is 10.9. The van der Waals surface area contributed by atoms with Crippen LogP contribution in [0.5, 0.6) is 0 Å². The highest BCUT2D eigenvalue weighted by Gasteiger charge is 2.15. The zero-order chi connectivity index (χ0) is 8.43. The third kappa shape index (κ3) is 1.68. The van der Waals surface area contributed by atoms with E-state index in [1.165, 1.54) is 6.92 Å². The van der Waals surface area contributed by atoms with Gasteiger partial charge in [-0.15, -0.1) is 0 Å². The Kier molecular flexibility index (Phi) is 2.10. The summed E-state index contributed by atoms with van der Waals surface area (Å²) in [5.41, 5.74) is 0.440. The van der Waals surface area contributed by atoms with Gasteiger partial charge in [-0.3, -0.25) is 4.79 Å². The van der Waals surface area contributed by atoms with E-state index in [1.807, 2.05) is 7.05 Å². The van der Waals surface area contributed by atoms with Crippen LogP contribution in [0.2, 0.25) is 0 Å². The van der Waals surface area contributed by atoms with Crippen molar-refractivity contribution in [2.45, 2.75) is 13.0 Å². The zero-order valence-electron chi connectivity index (χ0n) is 6.61. The summed E-state index contributed by atoms with van der Waals surface area (Å²) in [4.78, 5) is 12.6. The Labute approximate surface area is 65.6 Å². The lowest BCUT2D eigenvalue weighted by molar-refractivity contribution is -0.114. The Morgan fingerprint density at radius 3 is 2.82 bits per heavy atom. The minimum absolute atomic E-state index is 0.0892. The van der Waals surface area contributed by atoms with E-state index in [2.05, 4.69) is 0 Å². The Morgan fingerprint density at radius 1 is 1.73 bits per heavy atom. The summed E-state index contributed by atoms with van der Waals surface area (Å²) in [5, 5.41) is 9.25. The molecule has 3 heteroatoms. The first-order chi connectivity index (χ1) is 5.11. The largest absolute Gasteiger partial charge is 0.384 e. The molecule has 0 fully saturated rings. The molecule has 0 amide bonds. The molecule has 0 aliphatic carbocycles. The van der Waals surface area contributed by atoms with Gasteiger partial charge in [0, 0.05) is 25.0 Å². The molecule has 0 spiro atoms. The summed E-state index contributed by atoms with van der Waals surface area (Å²) >= 11 is 0. The number of carbonyl (C=O) groups excluding carboxylic acids is 1. The molecule has 11 heavy (non-hydrogen) atoms. The van der Waals surface area contributed by atoms with Gasteiger partial charge >= 0.3 is 0 Å². The Morgan fingerprint density at radius 2 is 2.36 bits per heavy atom. The number of ketones is 1. The maximum Gasteiger partial charge on any atom is 0.160 e. The summed E-state index contributed by atoms with van der Waals surface area (Å²) in [6.45, 7) is 1.45. The molecule has 1 unspecified atom stereocenters. The van der Waals surface area contributed by atoms with Crippen molar-refractivity contribution in [2.24, 2.45) is 0 Å². The van der Waals surface area contributed by atoms with Crippen LogP contribution in [0, 0.1) is 0 Å². The first-order valence-corrected chi connectivity index (χ1v) is 3.42. The van der Waals surface area contributed by atoms with E-state index in [1.54, 1.807) is 23.4 Å². The summed E-state index contributed by atoms with van der Waals surface area (Å²) in [7, 11) is 1.81. The molecule has 1 heterocycles. The van der Waals surface area contributed by atoms with Crippen LogP contribution in [-0.4, -0.2) is 28.9 Å². The SMILES string of the molecule is CC(=O)C1=CN(C)C=CC1O. The van der Waals surface area contributed by atoms with E-state index in [-0.39, 0.29) is 5.78 Å². The monoisotopic (exact) mass is 153 g/mol. The van der Waals surface area contributed by atoms with Crippen molar-refractivity contribution in [3.8, 4) is 0 Å². The van der Waals surface area contributed by atoms with Crippen LogP contribution in [0.25, 0.3) is 0 Å². The van der Waals surface area contributed by atoms with Crippen molar-refractivity contribution in [3.63, 3.8) is 0 Å². The van der Waals surface area contributed by atoms with Crippen LogP contribution in [0.3, 0.4) is 0 Å². The zero-order valence-corrected chi connectivity index (χ0v) is 6.61. The van der Waals surface area contributed by atoms with Gasteiger partial charge in [0.25, 0.3) is 0 Å². The molecule has 60 valence electrons. The Balaban J connectivity index is 2.84. The van der Waals surface area contributed by atoms with E-state index in [0.29, 0.717) is 5.57 Å². The molecule has 0 saturated carbocycles. The fourth-order valence-electron chi connectivity index (χ4n) is 0.959. The molecule has 1 aliphatic rings. The summed E-state index contributed by atoms with van der Waals surface area (Å²) in [6.07, 6.45) is 4.20. The molecule has 0 bridgehead atoms. The van der Waals surface area contributed by atoms with E-state index in [0.717, 1.165) is 0 Å². The quantitative estimate of drug-likeness (QED) is 0.588. The minimum atomic E-state index is -0.733. The van der Waals surface area contributed by atoms with Gasteiger partial charge in [-0.05, 0) is 13.0 Å². The van der Waals surface area contributed by atoms with Crippen LogP contribution in [0.15, 0.2) is 24.0 Å². The van der Waals surface area contributed by atoms with Crippen molar-refractivity contribution in [3.05, 3.63) is 24.0 Å². The van der Waals surface area contributed by atoms with Crippen molar-refractivity contribution in [2.75, 3.05) is 7.05 Å². The second kappa shape index (κ2) is 2.88. The smallest absolute Gasteiger partial charge is 0.160 e. The van der Waals surface area contributed by atoms with E-state index in [9.17, 15) is 9.90 Å². The fraction of sp³-hybridized carbons (Fsp3) is 0.375. The van der Waals surface area contributed by atoms with Crippen molar-refractivity contribution >= 4 is 5.78 Å². The molecule has 1 N–H and O–H groups in total. The van der Waals surface area contributed by atoms with Gasteiger partial charge in [0.15, 0.2) is 5.78 Å². The lowest BCUT2D eigenvalue weighted by Crippen LogP contribution is -2.21. The lowest BCUT2D eigenvalue weighted by atomic mass is 10.1. The predicted molar refractivity (Wildman–Crippen MR) is 41.7 cm³/mol. The summed E-state index contributed by atoms with van der Waals surface area (Å²) < 4.78 is 0. The number of aliphatic hydroxyl groups is 1. The first kappa shape index (κ1) is 8.01. The molecule has 0 aromatic heterocycles. The number of carbonyl (C=O) groups is 1. The van der Waals surface area contributed by atoms with Crippen LogP contribution >= 0.6 is 0 Å². The van der Waals surface area contributed by atoms with E-state index < -0.39 is 6.10 Å². The van der Waals surface area contributed by atoms with Gasteiger partial charge in [-0.1, -0.05) is 0 Å². The standard InChI is InChI=1S/C8H11NO2/c1-6(10)7-5-9(2)4-3-8(7)11/h3-5,8,11H,1-2H3. The number of hydrogen-bond donors (Lipinski definition) is 1. The second-order valence-electron chi connectivity index (χ2n) is 2.59. The third-order valence-electron chi connectivity index (χ3n) is 1.57. The summed E-state index contributed by atoms with van der Waals surface area (Å²) in [5.74, 6) is -0.0892. The third-order valence-corrected chi connectivity index (χ3v) is 1.57. The highest BCUT2D eigenvalue weighted by Crippen LogP contribution is 2.11. The van der Waals surface area contributed by atoms with Gasteiger partial charge in [-0.25, -0.2) is 0 Å². The van der Waals surface area contributed by atoms with Crippen molar-refractivity contribution in [1.29, 1.82) is 0 Å². The maximum absolute atomic E-state index is 10.9. The molecule has 1 aliphatic heterocycles. The molecular formula is C8H11NO2. The number of rotatable bonds is 1. The molecule has 1 rings (SSSR count). The highest BCUT2D eigenvalue weighted by molar-refractivity contribution is 5.94. The summed E-state index contributed by atoms with van der Waals surface area (Å²) in [6, 6.07) is 0. The predicted octanol–water partition coefficient (Wildman–Crippen LogP) is 0.279. The Bertz CT molecular complexity index is 230. The van der Waals surface area contributed by atoms with Gasteiger partial charge < -0.3 is 10.0 Å². The lowest BCUT2D eigenvalue weighted by Gasteiger charge is -2.18. The van der Waals surface area contributed by atoms with E-state index in [4.69, 9.17) is 0 Å². The molecule has 0 aromatic rings. The number of hydrogen-bond acceptors (Lipinski definition) is 3. The normalized spacial score (nSPS) is 23.4.